The zero-order valence-corrected chi connectivity index (χ0v) is 12.3. The molecule has 1 aliphatic rings. The largest absolute Gasteiger partial charge is 0.378 e. The summed E-state index contributed by atoms with van der Waals surface area (Å²) in [7, 11) is 1.64. The lowest BCUT2D eigenvalue weighted by atomic mass is 10.1. The molecule has 0 spiro atoms. The first kappa shape index (κ1) is 16.9. The van der Waals surface area contributed by atoms with Gasteiger partial charge >= 0.3 is 0 Å². The molecule has 20 heavy (non-hydrogen) atoms. The lowest BCUT2D eigenvalue weighted by Crippen LogP contribution is -2.51. The molecule has 0 bridgehead atoms. The Morgan fingerprint density at radius 1 is 1.50 bits per heavy atom. The third-order valence-corrected chi connectivity index (χ3v) is 3.16. The number of nitrogens with one attached hydrogen (secondary N) is 2. The molecule has 1 aromatic rings. The first-order valence-electron chi connectivity index (χ1n) is 6.48. The first-order valence-corrected chi connectivity index (χ1v) is 6.48. The maximum atomic E-state index is 11.9. The molecule has 1 heterocycles. The normalized spacial score (nSPS) is 19.8. The molecular formula is C14H21ClN2O3. The van der Waals surface area contributed by atoms with Crippen molar-refractivity contribution >= 4 is 18.3 Å². The van der Waals surface area contributed by atoms with E-state index in [1.54, 1.807) is 7.11 Å². The summed E-state index contributed by atoms with van der Waals surface area (Å²) in [5.41, 5.74) is 1.05. The zero-order valence-electron chi connectivity index (χ0n) is 11.5. The van der Waals surface area contributed by atoms with Crippen molar-refractivity contribution in [3.05, 3.63) is 35.9 Å². The SMILES string of the molecule is COC(CNC(=O)C1COCCN1)c1ccccc1.Cl. The summed E-state index contributed by atoms with van der Waals surface area (Å²) in [5, 5.41) is 6.02. The summed E-state index contributed by atoms with van der Waals surface area (Å²) >= 11 is 0. The van der Waals surface area contributed by atoms with Crippen molar-refractivity contribution in [3.8, 4) is 0 Å². The van der Waals surface area contributed by atoms with E-state index in [9.17, 15) is 4.79 Å². The van der Waals surface area contributed by atoms with E-state index in [0.717, 1.165) is 5.56 Å². The molecular weight excluding hydrogens is 280 g/mol. The van der Waals surface area contributed by atoms with Gasteiger partial charge in [0, 0.05) is 20.2 Å². The van der Waals surface area contributed by atoms with Gasteiger partial charge in [-0.25, -0.2) is 0 Å². The summed E-state index contributed by atoms with van der Waals surface area (Å²) in [6, 6.07) is 9.59. The molecule has 6 heteroatoms. The second-order valence-electron chi connectivity index (χ2n) is 4.46. The Balaban J connectivity index is 0.00000200. The highest BCUT2D eigenvalue weighted by atomic mass is 35.5. The lowest BCUT2D eigenvalue weighted by Gasteiger charge is -2.24. The summed E-state index contributed by atoms with van der Waals surface area (Å²) < 4.78 is 10.7. The number of carbonyl (C=O) groups excluding carboxylic acids is 1. The minimum Gasteiger partial charge on any atom is -0.378 e. The topological polar surface area (TPSA) is 59.6 Å². The van der Waals surface area contributed by atoms with Gasteiger partial charge in [0.05, 0.1) is 19.3 Å². The molecule has 2 rings (SSSR count). The number of ether oxygens (including phenoxy) is 2. The van der Waals surface area contributed by atoms with Crippen LogP contribution < -0.4 is 10.6 Å². The number of hydrogen-bond acceptors (Lipinski definition) is 4. The Morgan fingerprint density at radius 3 is 2.85 bits per heavy atom. The molecule has 1 saturated heterocycles. The van der Waals surface area contributed by atoms with Crippen molar-refractivity contribution in [2.24, 2.45) is 0 Å². The van der Waals surface area contributed by atoms with Gasteiger partial charge in [-0.1, -0.05) is 30.3 Å². The van der Waals surface area contributed by atoms with Crippen molar-refractivity contribution in [3.63, 3.8) is 0 Å². The second kappa shape index (κ2) is 8.92. The number of halogens is 1. The predicted molar refractivity (Wildman–Crippen MR) is 79.1 cm³/mol. The van der Waals surface area contributed by atoms with Crippen molar-refractivity contribution in [1.29, 1.82) is 0 Å². The molecule has 1 aromatic carbocycles. The highest BCUT2D eigenvalue weighted by Gasteiger charge is 2.22. The summed E-state index contributed by atoms with van der Waals surface area (Å²) in [6.45, 7) is 2.26. The van der Waals surface area contributed by atoms with Crippen LogP contribution in [-0.2, 0) is 14.3 Å². The van der Waals surface area contributed by atoms with Gasteiger partial charge in [0.25, 0.3) is 0 Å². The summed E-state index contributed by atoms with van der Waals surface area (Å²) in [4.78, 5) is 11.9. The number of methoxy groups -OCH3 is 1. The molecule has 1 aliphatic heterocycles. The van der Waals surface area contributed by atoms with Crippen molar-refractivity contribution in [1.82, 2.24) is 10.6 Å². The average molecular weight is 301 g/mol. The Hall–Kier alpha value is -1.14. The van der Waals surface area contributed by atoms with Crippen molar-refractivity contribution in [2.45, 2.75) is 12.1 Å². The van der Waals surface area contributed by atoms with Crippen LogP contribution in [0.2, 0.25) is 0 Å². The van der Waals surface area contributed by atoms with Crippen molar-refractivity contribution in [2.75, 3.05) is 33.4 Å². The maximum absolute atomic E-state index is 11.9. The summed E-state index contributed by atoms with van der Waals surface area (Å²) in [5.74, 6) is -0.0438. The molecule has 5 nitrogen and oxygen atoms in total. The van der Waals surface area contributed by atoms with E-state index >= 15 is 0 Å². The fourth-order valence-corrected chi connectivity index (χ4v) is 2.06. The molecule has 0 radical (unpaired) electrons. The molecule has 1 amide bonds. The molecule has 2 N–H and O–H groups in total. The molecule has 2 atom stereocenters. The fraction of sp³-hybridized carbons (Fsp3) is 0.500. The minimum absolute atomic E-state index is 0. The van der Waals surface area contributed by atoms with Gasteiger partial charge in [0.15, 0.2) is 0 Å². The van der Waals surface area contributed by atoms with E-state index in [-0.39, 0.29) is 30.5 Å². The van der Waals surface area contributed by atoms with Gasteiger partial charge in [-0.3, -0.25) is 4.79 Å². The Morgan fingerprint density at radius 2 is 2.25 bits per heavy atom. The smallest absolute Gasteiger partial charge is 0.239 e. The Labute approximate surface area is 125 Å². The lowest BCUT2D eigenvalue weighted by molar-refractivity contribution is -0.126. The van der Waals surface area contributed by atoms with E-state index in [2.05, 4.69) is 10.6 Å². The molecule has 112 valence electrons. The zero-order chi connectivity index (χ0) is 13.5. The molecule has 0 aromatic heterocycles. The molecule has 0 saturated carbocycles. The predicted octanol–water partition coefficient (Wildman–Crippen LogP) is 0.901. The van der Waals surface area contributed by atoms with Gasteiger partial charge in [-0.15, -0.1) is 12.4 Å². The number of rotatable bonds is 5. The standard InChI is InChI=1S/C14H20N2O3.ClH/c1-18-13(11-5-3-2-4-6-11)9-16-14(17)12-10-19-8-7-15-12;/h2-6,12-13,15H,7-10H2,1H3,(H,16,17);1H. The van der Waals surface area contributed by atoms with E-state index in [0.29, 0.717) is 26.3 Å². The Bertz CT molecular complexity index is 397. The van der Waals surface area contributed by atoms with Crippen LogP contribution in [0.4, 0.5) is 0 Å². The minimum atomic E-state index is -0.262. The highest BCUT2D eigenvalue weighted by Crippen LogP contribution is 2.14. The number of amides is 1. The fourth-order valence-electron chi connectivity index (χ4n) is 2.06. The summed E-state index contributed by atoms with van der Waals surface area (Å²) in [6.07, 6.45) is -0.130. The van der Waals surface area contributed by atoms with Crippen LogP contribution in [0.3, 0.4) is 0 Å². The van der Waals surface area contributed by atoms with E-state index in [4.69, 9.17) is 9.47 Å². The number of benzene rings is 1. The van der Waals surface area contributed by atoms with Gasteiger partial charge in [0.1, 0.15) is 6.04 Å². The second-order valence-corrected chi connectivity index (χ2v) is 4.46. The van der Waals surface area contributed by atoms with Gasteiger partial charge < -0.3 is 20.1 Å². The molecule has 2 unspecified atom stereocenters. The molecule has 0 aliphatic carbocycles. The van der Waals surface area contributed by atoms with Gasteiger partial charge in [0.2, 0.25) is 5.91 Å². The van der Waals surface area contributed by atoms with E-state index in [1.165, 1.54) is 0 Å². The van der Waals surface area contributed by atoms with Crippen molar-refractivity contribution < 1.29 is 14.3 Å². The van der Waals surface area contributed by atoms with Crippen LogP contribution in [0.15, 0.2) is 30.3 Å². The van der Waals surface area contributed by atoms with Gasteiger partial charge in [-0.2, -0.15) is 0 Å². The third-order valence-electron chi connectivity index (χ3n) is 3.16. The van der Waals surface area contributed by atoms with Crippen LogP contribution in [0.25, 0.3) is 0 Å². The first-order chi connectivity index (χ1) is 9.31. The quantitative estimate of drug-likeness (QED) is 0.848. The highest BCUT2D eigenvalue weighted by molar-refractivity contribution is 5.85. The number of morpholine rings is 1. The van der Waals surface area contributed by atoms with Gasteiger partial charge in [-0.05, 0) is 5.56 Å². The van der Waals surface area contributed by atoms with Crippen LogP contribution in [-0.4, -0.2) is 45.4 Å². The number of hydrogen-bond donors (Lipinski definition) is 2. The van der Waals surface area contributed by atoms with Crippen LogP contribution >= 0.6 is 12.4 Å². The van der Waals surface area contributed by atoms with E-state index < -0.39 is 0 Å². The van der Waals surface area contributed by atoms with Crippen LogP contribution in [0.5, 0.6) is 0 Å². The van der Waals surface area contributed by atoms with Crippen LogP contribution in [0.1, 0.15) is 11.7 Å². The van der Waals surface area contributed by atoms with E-state index in [1.807, 2.05) is 30.3 Å². The molecule has 1 fully saturated rings. The monoisotopic (exact) mass is 300 g/mol. The third kappa shape index (κ3) is 4.76. The maximum Gasteiger partial charge on any atom is 0.239 e. The average Bonchev–Trinajstić information content (AvgIpc) is 2.49. The Kier molecular flexibility index (Phi) is 7.54. The number of carbonyl (C=O) groups is 1. The van der Waals surface area contributed by atoms with Crippen LogP contribution in [0, 0.1) is 0 Å².